The van der Waals surface area contributed by atoms with E-state index < -0.39 is 5.60 Å². The first-order valence-corrected chi connectivity index (χ1v) is 23.7. The van der Waals surface area contributed by atoms with Crippen molar-refractivity contribution in [2.24, 2.45) is 28.6 Å². The molecule has 1 saturated carbocycles. The Morgan fingerprint density at radius 1 is 0.968 bits per heavy atom. The number of nitriles is 1. The van der Waals surface area contributed by atoms with Crippen molar-refractivity contribution < 1.29 is 24.2 Å². The first-order chi connectivity index (χ1) is 29.9. The number of amides is 2. The molecule has 4 saturated heterocycles. The molecule has 2 atom stereocenters. The van der Waals surface area contributed by atoms with Crippen LogP contribution in [0.1, 0.15) is 96.8 Å². The molecule has 14 heteroatoms. The number of aliphatic hydroxyl groups is 1. The minimum atomic E-state index is -0.992. The first kappa shape index (κ1) is 45.8. The van der Waals surface area contributed by atoms with Gasteiger partial charge in [0.2, 0.25) is 11.8 Å². The number of nitrogens with zero attached hydrogens (tertiary/aromatic N) is 4. The fourth-order valence-corrected chi connectivity index (χ4v) is 11.9. The van der Waals surface area contributed by atoms with Crippen LogP contribution in [-0.4, -0.2) is 122 Å². The minimum absolute atomic E-state index is 0.0583. The fourth-order valence-electron chi connectivity index (χ4n) is 11.6. The van der Waals surface area contributed by atoms with E-state index >= 15 is 0 Å². The van der Waals surface area contributed by atoms with Crippen LogP contribution in [-0.2, 0) is 15.2 Å². The molecule has 0 aromatic heterocycles. The van der Waals surface area contributed by atoms with Crippen molar-refractivity contribution in [3.8, 4) is 17.6 Å². The van der Waals surface area contributed by atoms with E-state index in [4.69, 9.17) is 21.1 Å². The van der Waals surface area contributed by atoms with Gasteiger partial charge >= 0.3 is 0 Å². The van der Waals surface area contributed by atoms with Gasteiger partial charge < -0.3 is 35.0 Å². The molecule has 5 fully saturated rings. The average molecular weight is 886 g/mol. The van der Waals surface area contributed by atoms with E-state index in [1.165, 1.54) is 19.3 Å². The number of benzene rings is 2. The Hall–Kier alpha value is -3.74. The average Bonchev–Trinajstić information content (AvgIpc) is 3.76. The van der Waals surface area contributed by atoms with Crippen molar-refractivity contribution in [3.63, 3.8) is 0 Å². The maximum absolute atomic E-state index is 13.6. The van der Waals surface area contributed by atoms with Crippen LogP contribution in [0.25, 0.3) is 5.57 Å². The molecule has 342 valence electrons. The first-order valence-electron chi connectivity index (χ1n) is 23.3. The van der Waals surface area contributed by atoms with Crippen LogP contribution < -0.4 is 30.7 Å². The Labute approximate surface area is 379 Å². The van der Waals surface area contributed by atoms with Gasteiger partial charge in [-0.25, -0.2) is 0 Å². The highest BCUT2D eigenvalue weighted by Crippen LogP contribution is 2.55. The van der Waals surface area contributed by atoms with Crippen LogP contribution in [0, 0.1) is 39.9 Å². The van der Waals surface area contributed by atoms with Crippen LogP contribution in [0.15, 0.2) is 42.6 Å². The van der Waals surface area contributed by atoms with Gasteiger partial charge in [-0.15, -0.1) is 0 Å². The Balaban J connectivity index is 0.756. The summed E-state index contributed by atoms with van der Waals surface area (Å²) in [6, 6.07) is 13.0. The van der Waals surface area contributed by atoms with Gasteiger partial charge in [0.15, 0.2) is 0 Å². The number of nitrogens with one attached hydrogen (secondary N) is 4. The zero-order valence-corrected chi connectivity index (χ0v) is 39.1. The lowest BCUT2D eigenvalue weighted by molar-refractivity contribution is -0.174. The number of likely N-dealkylation sites (N-methyl/N-ethyl adjacent to an activating group) is 1. The predicted molar refractivity (Wildman–Crippen MR) is 245 cm³/mol. The summed E-state index contributed by atoms with van der Waals surface area (Å²) in [4.78, 5) is 33.4. The highest BCUT2D eigenvalue weighted by molar-refractivity contribution is 6.31. The number of piperidine rings is 2. The second-order valence-corrected chi connectivity index (χ2v) is 21.2. The Kier molecular flexibility index (Phi) is 13.3. The zero-order valence-electron chi connectivity index (χ0n) is 38.3. The lowest BCUT2D eigenvalue weighted by atomic mass is 9.49. The van der Waals surface area contributed by atoms with Gasteiger partial charge in [0.05, 0.1) is 28.1 Å². The number of ether oxygens (including phenoxy) is 2. The van der Waals surface area contributed by atoms with Crippen LogP contribution in [0.2, 0.25) is 5.02 Å². The van der Waals surface area contributed by atoms with Crippen LogP contribution in [0.4, 0.5) is 0 Å². The van der Waals surface area contributed by atoms with Gasteiger partial charge in [0.25, 0.3) is 0 Å². The maximum Gasteiger partial charge on any atom is 0.244 e. The molecule has 6 aliphatic rings. The minimum Gasteiger partial charge on any atom is -0.490 e. The lowest BCUT2D eigenvalue weighted by Gasteiger charge is -2.63. The highest BCUT2D eigenvalue weighted by Gasteiger charge is 2.64. The van der Waals surface area contributed by atoms with E-state index in [1.54, 1.807) is 23.1 Å². The number of fused-ring (bicyclic) bond motifs is 1. The molecular weight excluding hydrogens is 816 g/mol. The van der Waals surface area contributed by atoms with Crippen LogP contribution >= 0.6 is 11.6 Å². The SMILES string of the molecule is CN1C=C(c2cc(C(C)(C)O)ccc2OC2CCN(CCC3CCN(C4NCC(C(=O)NC5C(C)(C)C(Oc6ccc(C#N)c(Cl)c6)C5(C)C)CN4)CC3)CC2)C2CCNC2C1=O. The summed E-state index contributed by atoms with van der Waals surface area (Å²) in [5, 5.41) is 34.6. The second-order valence-electron chi connectivity index (χ2n) is 20.8. The molecule has 2 aromatic carbocycles. The molecule has 63 heavy (non-hydrogen) atoms. The summed E-state index contributed by atoms with van der Waals surface area (Å²) in [5.74, 6) is 2.24. The third-order valence-corrected chi connectivity index (χ3v) is 15.5. The molecule has 0 spiro atoms. The summed E-state index contributed by atoms with van der Waals surface area (Å²) >= 11 is 6.28. The number of carbonyl (C=O) groups is 2. The van der Waals surface area contributed by atoms with Gasteiger partial charge in [-0.2, -0.15) is 5.26 Å². The molecule has 2 aromatic rings. The Morgan fingerprint density at radius 3 is 2.32 bits per heavy atom. The van der Waals surface area contributed by atoms with E-state index in [0.717, 1.165) is 81.0 Å². The van der Waals surface area contributed by atoms with Crippen molar-refractivity contribution in [3.05, 3.63) is 64.3 Å². The number of hydrogen-bond acceptors (Lipinski definition) is 11. The molecule has 13 nitrogen and oxygen atoms in total. The van der Waals surface area contributed by atoms with Crippen molar-refractivity contribution in [2.45, 2.75) is 116 Å². The van der Waals surface area contributed by atoms with Crippen molar-refractivity contribution in [2.75, 3.05) is 59.4 Å². The molecule has 0 radical (unpaired) electrons. The summed E-state index contributed by atoms with van der Waals surface area (Å²) in [6.45, 7) is 19.4. The van der Waals surface area contributed by atoms with E-state index in [2.05, 4.69) is 70.9 Å². The fraction of sp³-hybridized carbons (Fsp3) is 0.653. The molecule has 1 aliphatic carbocycles. The predicted octanol–water partition coefficient (Wildman–Crippen LogP) is 5.27. The van der Waals surface area contributed by atoms with Gasteiger partial charge in [0.1, 0.15) is 36.1 Å². The highest BCUT2D eigenvalue weighted by atomic mass is 35.5. The molecule has 2 amide bonds. The zero-order chi connectivity index (χ0) is 44.8. The largest absolute Gasteiger partial charge is 0.490 e. The van der Waals surface area contributed by atoms with Crippen LogP contribution in [0.5, 0.6) is 11.5 Å². The standard InChI is InChI=1S/C49H69ClN8O5/c1-47(2)44(48(3,4)45(47)63-35-10-8-31(26-51)39(50)25-35)55-42(59)32-27-53-46(54-28-32)58-22-14-30(15-23-58)13-19-57-20-16-34(17-21-57)62-40-11-9-33(49(5,6)61)24-37(40)38-29-56(7)43(60)41-36(38)12-18-52-41/h8-11,24-25,29-30,32,34,36,41,44-46,52-54,61H,12-23,27-28H2,1-7H3,(H,55,59). The number of likely N-dealkylation sites (tertiary alicyclic amines) is 2. The smallest absolute Gasteiger partial charge is 0.244 e. The summed E-state index contributed by atoms with van der Waals surface area (Å²) < 4.78 is 13.2. The molecular formula is C49H69ClN8O5. The number of carbonyl (C=O) groups excluding carboxylic acids is 2. The number of rotatable bonds is 12. The molecule has 8 rings (SSSR count). The van der Waals surface area contributed by atoms with Gasteiger partial charge in [-0.3, -0.25) is 25.1 Å². The molecule has 5 N–H and O–H groups in total. The van der Waals surface area contributed by atoms with Gasteiger partial charge in [-0.1, -0.05) is 45.4 Å². The molecule has 5 aliphatic heterocycles. The third-order valence-electron chi connectivity index (χ3n) is 15.2. The van der Waals surface area contributed by atoms with E-state index in [0.29, 0.717) is 35.3 Å². The third kappa shape index (κ3) is 9.51. The van der Waals surface area contributed by atoms with E-state index in [1.807, 2.05) is 39.2 Å². The molecule has 0 bridgehead atoms. The molecule has 2 unspecified atom stereocenters. The van der Waals surface area contributed by atoms with E-state index in [-0.39, 0.29) is 65.1 Å². The second kappa shape index (κ2) is 18.3. The Morgan fingerprint density at radius 2 is 1.67 bits per heavy atom. The number of hydrogen-bond donors (Lipinski definition) is 5. The summed E-state index contributed by atoms with van der Waals surface area (Å²) in [6.07, 6.45) is 8.39. The van der Waals surface area contributed by atoms with Gasteiger partial charge in [-0.05, 0) is 107 Å². The lowest BCUT2D eigenvalue weighted by Crippen LogP contribution is -2.75. The van der Waals surface area contributed by atoms with Crippen molar-refractivity contribution in [1.82, 2.24) is 36.0 Å². The Bertz CT molecular complexity index is 2060. The topological polar surface area (TPSA) is 154 Å². The summed E-state index contributed by atoms with van der Waals surface area (Å²) in [7, 11) is 1.82. The number of halogens is 1. The van der Waals surface area contributed by atoms with E-state index in [9.17, 15) is 20.0 Å². The van der Waals surface area contributed by atoms with Crippen molar-refractivity contribution >= 4 is 29.0 Å². The normalized spacial score (nSPS) is 29.3. The van der Waals surface area contributed by atoms with Crippen LogP contribution in [0.3, 0.4) is 0 Å². The maximum atomic E-state index is 13.6. The van der Waals surface area contributed by atoms with Gasteiger partial charge in [0, 0.05) is 86.9 Å². The summed E-state index contributed by atoms with van der Waals surface area (Å²) in [5.41, 5.74) is 1.73. The molecule has 5 heterocycles. The quantitative estimate of drug-likeness (QED) is 0.190. The monoisotopic (exact) mass is 885 g/mol. The van der Waals surface area contributed by atoms with Crippen molar-refractivity contribution in [1.29, 1.82) is 5.26 Å².